The Hall–Kier alpha value is -1.47. The molecular weight excluding hydrogens is 272 g/mol. The number of carbonyl (C=O) groups is 1. The first-order chi connectivity index (χ1) is 10.2. The summed E-state index contributed by atoms with van der Waals surface area (Å²) in [7, 11) is 0. The Bertz CT molecular complexity index is 486. The molecule has 1 unspecified atom stereocenters. The van der Waals surface area contributed by atoms with E-state index in [9.17, 15) is 4.79 Å². The number of likely N-dealkylation sites (tertiary alicyclic amines) is 1. The zero-order valence-corrected chi connectivity index (χ0v) is 12.1. The minimum absolute atomic E-state index is 0.0326. The van der Waals surface area contributed by atoms with Crippen LogP contribution in [0.2, 0.25) is 0 Å². The molecule has 1 aromatic heterocycles. The number of hydrogen-bond donors (Lipinski definition) is 2. The van der Waals surface area contributed by atoms with Crippen molar-refractivity contribution < 1.29 is 14.4 Å². The molecule has 1 aliphatic heterocycles. The number of piperidine rings is 1. The molecule has 0 amide bonds. The van der Waals surface area contributed by atoms with Crippen LogP contribution in [0, 0.1) is 5.92 Å². The Morgan fingerprint density at radius 2 is 2.29 bits per heavy atom. The first kappa shape index (κ1) is 14.5. The number of nitrogens with one attached hydrogen (secondary N) is 1. The largest absolute Gasteiger partial charge is 0.480 e. The summed E-state index contributed by atoms with van der Waals surface area (Å²) in [6.07, 6.45) is 4.63. The number of aromatic nitrogens is 2. The van der Waals surface area contributed by atoms with Gasteiger partial charge in [0.15, 0.2) is 5.82 Å². The molecule has 0 spiro atoms. The van der Waals surface area contributed by atoms with Crippen LogP contribution in [-0.2, 0) is 11.3 Å². The van der Waals surface area contributed by atoms with Crippen molar-refractivity contribution in [1.82, 2.24) is 20.4 Å². The normalized spacial score (nSPS) is 23.3. The Balaban J connectivity index is 1.45. The molecule has 1 atom stereocenters. The first-order valence-corrected chi connectivity index (χ1v) is 7.68. The molecule has 1 saturated heterocycles. The number of nitrogens with zero attached hydrogens (tertiary/aromatic N) is 3. The van der Waals surface area contributed by atoms with Crippen molar-refractivity contribution in [3.8, 4) is 0 Å². The highest BCUT2D eigenvalue weighted by atomic mass is 16.5. The van der Waals surface area contributed by atoms with Crippen molar-refractivity contribution in [3.05, 3.63) is 11.7 Å². The third kappa shape index (κ3) is 4.25. The molecule has 1 aromatic rings. The minimum Gasteiger partial charge on any atom is -0.480 e. The maximum Gasteiger partial charge on any atom is 0.317 e. The lowest BCUT2D eigenvalue weighted by Crippen LogP contribution is -2.40. The van der Waals surface area contributed by atoms with Crippen molar-refractivity contribution in [3.63, 3.8) is 0 Å². The molecule has 1 saturated carbocycles. The SMILES string of the molecule is O=C(O)CNCC1CCCN(Cc2nc(C3CC3)no2)C1. The lowest BCUT2D eigenvalue weighted by atomic mass is 9.98. The topological polar surface area (TPSA) is 91.5 Å². The van der Waals surface area contributed by atoms with E-state index in [0.717, 1.165) is 38.3 Å². The second-order valence-electron chi connectivity index (χ2n) is 6.09. The summed E-state index contributed by atoms with van der Waals surface area (Å²) in [6, 6.07) is 0. The molecule has 2 aliphatic rings. The monoisotopic (exact) mass is 294 g/mol. The van der Waals surface area contributed by atoms with Crippen LogP contribution in [0.5, 0.6) is 0 Å². The summed E-state index contributed by atoms with van der Waals surface area (Å²) in [4.78, 5) is 17.3. The Morgan fingerprint density at radius 1 is 1.43 bits per heavy atom. The van der Waals surface area contributed by atoms with Crippen molar-refractivity contribution in [1.29, 1.82) is 0 Å². The van der Waals surface area contributed by atoms with Crippen LogP contribution in [0.4, 0.5) is 0 Å². The summed E-state index contributed by atoms with van der Waals surface area (Å²) < 4.78 is 5.32. The minimum atomic E-state index is -0.805. The van der Waals surface area contributed by atoms with Gasteiger partial charge in [-0.3, -0.25) is 9.69 Å². The fourth-order valence-corrected chi connectivity index (χ4v) is 2.88. The molecular formula is C14H22N4O3. The van der Waals surface area contributed by atoms with Gasteiger partial charge in [-0.1, -0.05) is 5.16 Å². The quantitative estimate of drug-likeness (QED) is 0.769. The van der Waals surface area contributed by atoms with Gasteiger partial charge in [0.05, 0.1) is 13.1 Å². The maximum absolute atomic E-state index is 10.5. The van der Waals surface area contributed by atoms with Crippen LogP contribution in [0.25, 0.3) is 0 Å². The van der Waals surface area contributed by atoms with Crippen molar-refractivity contribution in [2.75, 3.05) is 26.2 Å². The van der Waals surface area contributed by atoms with Crippen LogP contribution in [0.3, 0.4) is 0 Å². The summed E-state index contributed by atoms with van der Waals surface area (Å²) >= 11 is 0. The van der Waals surface area contributed by atoms with Gasteiger partial charge in [-0.25, -0.2) is 0 Å². The standard InChI is InChI=1S/C14H22N4O3/c19-13(20)7-15-6-10-2-1-5-18(8-10)9-12-16-14(17-21-12)11-3-4-11/h10-11,15H,1-9H2,(H,19,20). The molecule has 116 valence electrons. The van der Waals surface area contributed by atoms with Gasteiger partial charge < -0.3 is 14.9 Å². The predicted octanol–water partition coefficient (Wildman–Crippen LogP) is 0.833. The molecule has 7 heteroatoms. The van der Waals surface area contributed by atoms with E-state index in [4.69, 9.17) is 9.63 Å². The van der Waals surface area contributed by atoms with E-state index in [0.29, 0.717) is 24.3 Å². The lowest BCUT2D eigenvalue weighted by molar-refractivity contribution is -0.136. The summed E-state index contributed by atoms with van der Waals surface area (Å²) in [5.74, 6) is 1.78. The van der Waals surface area contributed by atoms with E-state index >= 15 is 0 Å². The number of carboxylic acids is 1. The molecule has 2 N–H and O–H groups in total. The van der Waals surface area contributed by atoms with Gasteiger partial charge in [0.1, 0.15) is 0 Å². The number of carboxylic acid groups (broad SMARTS) is 1. The van der Waals surface area contributed by atoms with E-state index in [-0.39, 0.29) is 6.54 Å². The second-order valence-corrected chi connectivity index (χ2v) is 6.09. The molecule has 0 radical (unpaired) electrons. The average molecular weight is 294 g/mol. The van der Waals surface area contributed by atoms with E-state index in [1.165, 1.54) is 12.8 Å². The van der Waals surface area contributed by atoms with E-state index in [1.807, 2.05) is 0 Å². The predicted molar refractivity (Wildman–Crippen MR) is 74.8 cm³/mol. The van der Waals surface area contributed by atoms with E-state index < -0.39 is 5.97 Å². The smallest absolute Gasteiger partial charge is 0.317 e. The average Bonchev–Trinajstić information content (AvgIpc) is 3.20. The summed E-state index contributed by atoms with van der Waals surface area (Å²) in [5.41, 5.74) is 0. The highest BCUT2D eigenvalue weighted by Gasteiger charge is 2.29. The van der Waals surface area contributed by atoms with Crippen LogP contribution in [0.15, 0.2) is 4.52 Å². The fourth-order valence-electron chi connectivity index (χ4n) is 2.88. The van der Waals surface area contributed by atoms with Gasteiger partial charge in [-0.05, 0) is 44.7 Å². The van der Waals surface area contributed by atoms with E-state index in [2.05, 4.69) is 20.4 Å². The van der Waals surface area contributed by atoms with Gasteiger partial charge in [0, 0.05) is 12.5 Å². The van der Waals surface area contributed by atoms with Crippen LogP contribution >= 0.6 is 0 Å². The van der Waals surface area contributed by atoms with Gasteiger partial charge in [-0.15, -0.1) is 0 Å². The van der Waals surface area contributed by atoms with Crippen LogP contribution < -0.4 is 5.32 Å². The number of aliphatic carboxylic acids is 1. The molecule has 2 fully saturated rings. The Morgan fingerprint density at radius 3 is 3.05 bits per heavy atom. The van der Waals surface area contributed by atoms with Gasteiger partial charge >= 0.3 is 5.97 Å². The zero-order valence-electron chi connectivity index (χ0n) is 12.1. The first-order valence-electron chi connectivity index (χ1n) is 7.68. The molecule has 1 aliphatic carbocycles. The Labute approximate surface area is 123 Å². The highest BCUT2D eigenvalue weighted by molar-refractivity contribution is 5.68. The van der Waals surface area contributed by atoms with Crippen LogP contribution in [0.1, 0.15) is 43.3 Å². The second kappa shape index (κ2) is 6.53. The number of hydrogen-bond acceptors (Lipinski definition) is 6. The van der Waals surface area contributed by atoms with Crippen molar-refractivity contribution >= 4 is 5.97 Å². The molecule has 3 rings (SSSR count). The fraction of sp³-hybridized carbons (Fsp3) is 0.786. The zero-order chi connectivity index (χ0) is 14.7. The van der Waals surface area contributed by atoms with Gasteiger partial charge in [-0.2, -0.15) is 4.98 Å². The Kier molecular flexibility index (Phi) is 4.50. The van der Waals surface area contributed by atoms with Crippen molar-refractivity contribution in [2.24, 2.45) is 5.92 Å². The third-order valence-corrected chi connectivity index (χ3v) is 4.10. The molecule has 0 aromatic carbocycles. The van der Waals surface area contributed by atoms with Crippen molar-refractivity contribution in [2.45, 2.75) is 38.1 Å². The molecule has 2 heterocycles. The molecule has 21 heavy (non-hydrogen) atoms. The lowest BCUT2D eigenvalue weighted by Gasteiger charge is -2.31. The van der Waals surface area contributed by atoms with Gasteiger partial charge in [0.25, 0.3) is 0 Å². The van der Waals surface area contributed by atoms with E-state index in [1.54, 1.807) is 0 Å². The molecule has 0 bridgehead atoms. The number of rotatable bonds is 7. The highest BCUT2D eigenvalue weighted by Crippen LogP contribution is 2.38. The third-order valence-electron chi connectivity index (χ3n) is 4.10. The summed E-state index contributed by atoms with van der Waals surface area (Å²) in [6.45, 7) is 3.48. The van der Waals surface area contributed by atoms with Gasteiger partial charge in [0.2, 0.25) is 5.89 Å². The summed E-state index contributed by atoms with van der Waals surface area (Å²) in [5, 5.41) is 15.7. The van der Waals surface area contributed by atoms with Crippen LogP contribution in [-0.4, -0.2) is 52.3 Å². The molecule has 7 nitrogen and oxygen atoms in total. The maximum atomic E-state index is 10.5.